The van der Waals surface area contributed by atoms with Gasteiger partial charge in [-0.25, -0.2) is 0 Å². The molecule has 0 radical (unpaired) electrons. The fourth-order valence-electron chi connectivity index (χ4n) is 3.31. The fraction of sp³-hybridized carbons (Fsp3) is 0.600. The Morgan fingerprint density at radius 2 is 1.96 bits per heavy atom. The van der Waals surface area contributed by atoms with Crippen LogP contribution in [0, 0.1) is 5.92 Å². The van der Waals surface area contributed by atoms with Gasteiger partial charge in [0.1, 0.15) is 5.75 Å². The highest BCUT2D eigenvalue weighted by atomic mass is 16.5. The summed E-state index contributed by atoms with van der Waals surface area (Å²) < 4.78 is 5.48. The molecule has 1 heterocycles. The first-order chi connectivity index (χ1) is 12.7. The number of hydrogen-bond acceptors (Lipinski definition) is 4. The number of para-hydroxylation sites is 1. The summed E-state index contributed by atoms with van der Waals surface area (Å²) in [7, 11) is 1.97. The Morgan fingerprint density at radius 1 is 1.23 bits per heavy atom. The van der Waals surface area contributed by atoms with Gasteiger partial charge in [0.05, 0.1) is 12.2 Å². The predicted octanol–water partition coefficient (Wildman–Crippen LogP) is 2.05. The molecule has 0 saturated carbocycles. The van der Waals surface area contributed by atoms with Gasteiger partial charge in [0, 0.05) is 26.1 Å². The molecule has 0 unspecified atom stereocenters. The van der Waals surface area contributed by atoms with Crippen molar-refractivity contribution in [3.05, 3.63) is 29.8 Å². The number of hydrogen-bond donors (Lipinski definition) is 2. The molecule has 6 heteroatoms. The van der Waals surface area contributed by atoms with Crippen LogP contribution in [0.1, 0.15) is 43.0 Å². The zero-order valence-electron chi connectivity index (χ0n) is 15.9. The van der Waals surface area contributed by atoms with Crippen LogP contribution < -0.4 is 15.4 Å². The van der Waals surface area contributed by atoms with Gasteiger partial charge in [-0.1, -0.05) is 12.1 Å². The molecule has 144 valence electrons. The third-order valence-electron chi connectivity index (χ3n) is 4.74. The van der Waals surface area contributed by atoms with Crippen molar-refractivity contribution < 1.29 is 14.3 Å². The van der Waals surface area contributed by atoms with Crippen molar-refractivity contribution in [2.75, 3.05) is 39.8 Å². The Labute approximate surface area is 156 Å². The van der Waals surface area contributed by atoms with Gasteiger partial charge in [-0.3, -0.25) is 9.59 Å². The molecule has 1 aromatic rings. The Hall–Kier alpha value is -2.08. The van der Waals surface area contributed by atoms with Gasteiger partial charge >= 0.3 is 0 Å². The highest BCUT2D eigenvalue weighted by molar-refractivity contribution is 5.96. The van der Waals surface area contributed by atoms with E-state index in [0.29, 0.717) is 43.2 Å². The summed E-state index contributed by atoms with van der Waals surface area (Å²) in [4.78, 5) is 26.5. The zero-order valence-corrected chi connectivity index (χ0v) is 15.9. The van der Waals surface area contributed by atoms with Crippen molar-refractivity contribution in [2.24, 2.45) is 5.92 Å². The van der Waals surface area contributed by atoms with Crippen LogP contribution in [0.15, 0.2) is 24.3 Å². The van der Waals surface area contributed by atoms with E-state index in [0.717, 1.165) is 32.5 Å². The number of piperidine rings is 1. The number of rotatable bonds is 9. The maximum atomic E-state index is 12.3. The molecule has 0 bridgehead atoms. The second-order valence-electron chi connectivity index (χ2n) is 6.67. The van der Waals surface area contributed by atoms with Gasteiger partial charge in [-0.15, -0.1) is 0 Å². The maximum Gasteiger partial charge on any atom is 0.255 e. The second kappa shape index (κ2) is 10.8. The van der Waals surface area contributed by atoms with E-state index in [1.54, 1.807) is 12.1 Å². The molecule has 26 heavy (non-hydrogen) atoms. The molecule has 1 fully saturated rings. The minimum Gasteiger partial charge on any atom is -0.493 e. The van der Waals surface area contributed by atoms with E-state index in [1.165, 1.54) is 0 Å². The number of nitrogens with one attached hydrogen (secondary N) is 2. The number of benzene rings is 1. The third kappa shape index (κ3) is 6.02. The van der Waals surface area contributed by atoms with Crippen LogP contribution in [0.3, 0.4) is 0 Å². The van der Waals surface area contributed by atoms with Crippen molar-refractivity contribution in [2.45, 2.75) is 32.6 Å². The first-order valence-corrected chi connectivity index (χ1v) is 9.58. The average Bonchev–Trinajstić information content (AvgIpc) is 2.66. The van der Waals surface area contributed by atoms with E-state index in [4.69, 9.17) is 4.74 Å². The third-order valence-corrected chi connectivity index (χ3v) is 4.74. The molecule has 6 nitrogen and oxygen atoms in total. The highest BCUT2D eigenvalue weighted by Crippen LogP contribution is 2.18. The van der Waals surface area contributed by atoms with E-state index in [1.807, 2.05) is 31.0 Å². The van der Waals surface area contributed by atoms with Crippen LogP contribution in [0.5, 0.6) is 5.75 Å². The van der Waals surface area contributed by atoms with Gasteiger partial charge in [0.2, 0.25) is 5.91 Å². The number of amides is 2. The quantitative estimate of drug-likeness (QED) is 0.661. The molecule has 0 spiro atoms. The van der Waals surface area contributed by atoms with E-state index >= 15 is 0 Å². The number of carbonyl (C=O) groups excluding carboxylic acids is 2. The molecule has 0 atom stereocenters. The Kier molecular flexibility index (Phi) is 8.41. The van der Waals surface area contributed by atoms with E-state index in [9.17, 15) is 9.59 Å². The van der Waals surface area contributed by atoms with Gasteiger partial charge in [-0.05, 0) is 57.8 Å². The van der Waals surface area contributed by atoms with Crippen molar-refractivity contribution in [3.63, 3.8) is 0 Å². The first kappa shape index (κ1) is 20.2. The summed E-state index contributed by atoms with van der Waals surface area (Å²) in [6.07, 6.45) is 3.26. The molecule has 1 aromatic carbocycles. The van der Waals surface area contributed by atoms with Crippen LogP contribution in [-0.2, 0) is 4.79 Å². The van der Waals surface area contributed by atoms with Crippen molar-refractivity contribution in [1.82, 2.24) is 15.5 Å². The monoisotopic (exact) mass is 361 g/mol. The Bertz CT molecular complexity index is 583. The lowest BCUT2D eigenvalue weighted by Crippen LogP contribution is -2.40. The number of carbonyl (C=O) groups is 2. The van der Waals surface area contributed by atoms with Crippen LogP contribution in [-0.4, -0.2) is 56.5 Å². The van der Waals surface area contributed by atoms with Crippen LogP contribution in [0.25, 0.3) is 0 Å². The molecular weight excluding hydrogens is 330 g/mol. The fourth-order valence-corrected chi connectivity index (χ4v) is 3.31. The lowest BCUT2D eigenvalue weighted by Gasteiger charge is -2.32. The molecule has 2 N–H and O–H groups in total. The van der Waals surface area contributed by atoms with Gasteiger partial charge in [0.25, 0.3) is 5.91 Å². The van der Waals surface area contributed by atoms with Crippen molar-refractivity contribution in [1.29, 1.82) is 0 Å². The topological polar surface area (TPSA) is 70.7 Å². The number of likely N-dealkylation sites (tertiary alicyclic amines) is 1. The Balaban J connectivity index is 1.69. The SMILES string of the molecule is CCOc1ccccc1C(=O)NCCCC(=O)N1CCC(CNC)CC1. The molecular formula is C20H31N3O3. The zero-order chi connectivity index (χ0) is 18.8. The van der Waals surface area contributed by atoms with Crippen LogP contribution >= 0.6 is 0 Å². The lowest BCUT2D eigenvalue weighted by atomic mass is 9.96. The van der Waals surface area contributed by atoms with E-state index < -0.39 is 0 Å². The van der Waals surface area contributed by atoms with Crippen molar-refractivity contribution >= 4 is 11.8 Å². The van der Waals surface area contributed by atoms with Gasteiger partial charge < -0.3 is 20.3 Å². The standard InChI is InChI=1S/C20H31N3O3/c1-3-26-18-8-5-4-7-17(18)20(25)22-12-6-9-19(24)23-13-10-16(11-14-23)15-21-2/h4-5,7-8,16,21H,3,6,9-15H2,1-2H3,(H,22,25). The summed E-state index contributed by atoms with van der Waals surface area (Å²) >= 11 is 0. The minimum absolute atomic E-state index is 0.158. The van der Waals surface area contributed by atoms with Gasteiger partial charge in [0.15, 0.2) is 0 Å². The molecule has 1 saturated heterocycles. The molecule has 0 aliphatic carbocycles. The predicted molar refractivity (Wildman–Crippen MR) is 102 cm³/mol. The second-order valence-corrected chi connectivity index (χ2v) is 6.67. The molecule has 0 aromatic heterocycles. The summed E-state index contributed by atoms with van der Waals surface area (Å²) in [5, 5.41) is 6.09. The van der Waals surface area contributed by atoms with Crippen molar-refractivity contribution in [3.8, 4) is 5.75 Å². The number of nitrogens with zero attached hydrogens (tertiary/aromatic N) is 1. The summed E-state index contributed by atoms with van der Waals surface area (Å²) in [5.74, 6) is 1.30. The van der Waals surface area contributed by atoms with Gasteiger partial charge in [-0.2, -0.15) is 0 Å². The van der Waals surface area contributed by atoms with Crippen LogP contribution in [0.4, 0.5) is 0 Å². The smallest absolute Gasteiger partial charge is 0.255 e. The summed E-state index contributed by atoms with van der Waals surface area (Å²) in [6, 6.07) is 7.21. The first-order valence-electron chi connectivity index (χ1n) is 9.58. The molecule has 2 amide bonds. The van der Waals surface area contributed by atoms with Crippen LogP contribution in [0.2, 0.25) is 0 Å². The average molecular weight is 361 g/mol. The van der Waals surface area contributed by atoms with E-state index in [-0.39, 0.29) is 11.8 Å². The highest BCUT2D eigenvalue weighted by Gasteiger charge is 2.22. The lowest BCUT2D eigenvalue weighted by molar-refractivity contribution is -0.132. The maximum absolute atomic E-state index is 12.3. The molecule has 1 aliphatic rings. The largest absolute Gasteiger partial charge is 0.493 e. The number of ether oxygens (including phenoxy) is 1. The molecule has 1 aliphatic heterocycles. The minimum atomic E-state index is -0.158. The summed E-state index contributed by atoms with van der Waals surface area (Å²) in [6.45, 7) is 5.61. The summed E-state index contributed by atoms with van der Waals surface area (Å²) in [5.41, 5.74) is 0.535. The molecule has 2 rings (SSSR count). The normalized spacial score (nSPS) is 14.9. The Morgan fingerprint density at radius 3 is 2.65 bits per heavy atom. The van der Waals surface area contributed by atoms with E-state index in [2.05, 4.69) is 10.6 Å².